The first-order valence-corrected chi connectivity index (χ1v) is 4.27. The summed E-state index contributed by atoms with van der Waals surface area (Å²) in [6.07, 6.45) is 0. The maximum absolute atomic E-state index is 11.6. The molecule has 0 radical (unpaired) electrons. The van der Waals surface area contributed by atoms with Crippen LogP contribution < -0.4 is 0 Å². The van der Waals surface area contributed by atoms with E-state index in [1.54, 1.807) is 17.0 Å². The number of furan rings is 1. The molecule has 4 nitrogen and oxygen atoms in total. The highest BCUT2D eigenvalue weighted by Crippen LogP contribution is 2.15. The molecule has 0 bridgehead atoms. The zero-order chi connectivity index (χ0) is 9.26. The molecule has 1 fully saturated rings. The van der Waals surface area contributed by atoms with Gasteiger partial charge in [-0.1, -0.05) is 0 Å². The van der Waals surface area contributed by atoms with Crippen molar-refractivity contribution in [3.8, 4) is 0 Å². The Morgan fingerprint density at radius 1 is 1.54 bits per heavy atom. The van der Waals surface area contributed by atoms with E-state index in [0.717, 1.165) is 0 Å². The van der Waals surface area contributed by atoms with E-state index in [2.05, 4.69) is 0 Å². The van der Waals surface area contributed by atoms with Crippen molar-refractivity contribution >= 4 is 17.5 Å². The molecule has 0 spiro atoms. The van der Waals surface area contributed by atoms with Gasteiger partial charge in [0.1, 0.15) is 6.73 Å². The standard InChI is InChI=1S/C8H8ClNO3/c9-7-2-1-6(13-7)8(11)10-3-4-12-5-10/h1-2H,3-5H2. The van der Waals surface area contributed by atoms with Gasteiger partial charge in [-0.15, -0.1) is 0 Å². The second kappa shape index (κ2) is 3.40. The molecule has 1 saturated heterocycles. The molecule has 13 heavy (non-hydrogen) atoms. The number of hydrogen-bond acceptors (Lipinski definition) is 3. The van der Waals surface area contributed by atoms with Gasteiger partial charge in [-0.25, -0.2) is 0 Å². The van der Waals surface area contributed by atoms with Crippen molar-refractivity contribution in [1.82, 2.24) is 4.90 Å². The molecule has 0 unspecified atom stereocenters. The number of hydrogen-bond donors (Lipinski definition) is 0. The summed E-state index contributed by atoms with van der Waals surface area (Å²) in [5, 5.41) is 0.225. The topological polar surface area (TPSA) is 42.7 Å². The summed E-state index contributed by atoms with van der Waals surface area (Å²) in [6.45, 7) is 1.52. The summed E-state index contributed by atoms with van der Waals surface area (Å²) in [4.78, 5) is 13.1. The Hall–Kier alpha value is -1.00. The van der Waals surface area contributed by atoms with Crippen LogP contribution in [-0.2, 0) is 4.74 Å². The van der Waals surface area contributed by atoms with Crippen LogP contribution in [0.4, 0.5) is 0 Å². The molecular weight excluding hydrogens is 194 g/mol. The molecule has 1 aliphatic heterocycles. The predicted octanol–water partition coefficient (Wildman–Crippen LogP) is 1.36. The molecule has 1 amide bonds. The smallest absolute Gasteiger partial charge is 0.291 e. The Balaban J connectivity index is 2.12. The van der Waals surface area contributed by atoms with E-state index < -0.39 is 0 Å². The normalized spacial score (nSPS) is 16.5. The van der Waals surface area contributed by atoms with Crippen LogP contribution in [0.1, 0.15) is 10.6 Å². The number of amides is 1. The Kier molecular flexibility index (Phi) is 2.24. The van der Waals surface area contributed by atoms with Crippen molar-refractivity contribution in [1.29, 1.82) is 0 Å². The fraction of sp³-hybridized carbons (Fsp3) is 0.375. The molecular formula is C8H8ClNO3. The number of nitrogens with zero attached hydrogens (tertiary/aromatic N) is 1. The highest BCUT2D eigenvalue weighted by molar-refractivity contribution is 6.29. The fourth-order valence-electron chi connectivity index (χ4n) is 1.16. The average molecular weight is 202 g/mol. The quantitative estimate of drug-likeness (QED) is 0.689. The molecule has 5 heteroatoms. The highest BCUT2D eigenvalue weighted by Gasteiger charge is 2.22. The van der Waals surface area contributed by atoms with Crippen molar-refractivity contribution in [3.05, 3.63) is 23.1 Å². The molecule has 0 saturated carbocycles. The van der Waals surface area contributed by atoms with E-state index >= 15 is 0 Å². The lowest BCUT2D eigenvalue weighted by molar-refractivity contribution is 0.0664. The van der Waals surface area contributed by atoms with Crippen molar-refractivity contribution in [3.63, 3.8) is 0 Å². The number of carbonyl (C=O) groups is 1. The number of rotatable bonds is 1. The third kappa shape index (κ3) is 1.68. The van der Waals surface area contributed by atoms with Crippen LogP contribution in [-0.4, -0.2) is 30.7 Å². The van der Waals surface area contributed by atoms with Crippen LogP contribution in [0.15, 0.2) is 16.5 Å². The van der Waals surface area contributed by atoms with Crippen LogP contribution in [0.25, 0.3) is 0 Å². The van der Waals surface area contributed by atoms with E-state index in [0.29, 0.717) is 19.9 Å². The molecule has 1 aromatic rings. The summed E-state index contributed by atoms with van der Waals surface area (Å²) in [5.41, 5.74) is 0. The predicted molar refractivity (Wildman–Crippen MR) is 45.6 cm³/mol. The monoisotopic (exact) mass is 201 g/mol. The van der Waals surface area contributed by atoms with E-state index in [1.807, 2.05) is 0 Å². The lowest BCUT2D eigenvalue weighted by Crippen LogP contribution is -2.27. The van der Waals surface area contributed by atoms with Gasteiger partial charge in [-0.05, 0) is 23.7 Å². The first kappa shape index (κ1) is 8.59. The van der Waals surface area contributed by atoms with Gasteiger partial charge >= 0.3 is 0 Å². The van der Waals surface area contributed by atoms with Gasteiger partial charge < -0.3 is 14.1 Å². The average Bonchev–Trinajstić information content (AvgIpc) is 2.72. The Morgan fingerprint density at radius 3 is 2.92 bits per heavy atom. The lowest BCUT2D eigenvalue weighted by Gasteiger charge is -2.10. The zero-order valence-electron chi connectivity index (χ0n) is 6.83. The SMILES string of the molecule is O=C(c1ccc(Cl)o1)N1CCOC1. The zero-order valence-corrected chi connectivity index (χ0v) is 7.58. The molecule has 0 atom stereocenters. The fourth-order valence-corrected chi connectivity index (χ4v) is 1.31. The second-order valence-corrected chi connectivity index (χ2v) is 3.08. The van der Waals surface area contributed by atoms with Crippen LogP contribution in [0.3, 0.4) is 0 Å². The van der Waals surface area contributed by atoms with Crippen LogP contribution >= 0.6 is 11.6 Å². The van der Waals surface area contributed by atoms with Crippen LogP contribution in [0, 0.1) is 0 Å². The maximum atomic E-state index is 11.6. The third-order valence-electron chi connectivity index (χ3n) is 1.82. The highest BCUT2D eigenvalue weighted by atomic mass is 35.5. The summed E-state index contributed by atoms with van der Waals surface area (Å²) in [7, 11) is 0. The minimum Gasteiger partial charge on any atom is -0.440 e. The van der Waals surface area contributed by atoms with Gasteiger partial charge in [-0.3, -0.25) is 4.79 Å². The van der Waals surface area contributed by atoms with Gasteiger partial charge in [0.15, 0.2) is 11.0 Å². The van der Waals surface area contributed by atoms with Gasteiger partial charge in [0, 0.05) is 6.54 Å². The molecule has 0 aliphatic carbocycles. The van der Waals surface area contributed by atoms with E-state index in [9.17, 15) is 4.79 Å². The van der Waals surface area contributed by atoms with Crippen molar-refractivity contribution < 1.29 is 13.9 Å². The van der Waals surface area contributed by atoms with Crippen molar-refractivity contribution in [2.45, 2.75) is 0 Å². The summed E-state index contributed by atoms with van der Waals surface area (Å²) in [6, 6.07) is 3.11. The maximum Gasteiger partial charge on any atom is 0.291 e. The first-order chi connectivity index (χ1) is 6.27. The molecule has 70 valence electrons. The van der Waals surface area contributed by atoms with Gasteiger partial charge in [0.2, 0.25) is 0 Å². The number of carbonyl (C=O) groups excluding carboxylic acids is 1. The van der Waals surface area contributed by atoms with Gasteiger partial charge in [0.25, 0.3) is 5.91 Å². The molecule has 0 N–H and O–H groups in total. The Labute approximate surface area is 80.0 Å². The van der Waals surface area contributed by atoms with Crippen molar-refractivity contribution in [2.24, 2.45) is 0 Å². The molecule has 1 aromatic heterocycles. The third-order valence-corrected chi connectivity index (χ3v) is 2.03. The summed E-state index contributed by atoms with van der Waals surface area (Å²) in [5.74, 6) is 0.0832. The van der Waals surface area contributed by atoms with Gasteiger partial charge in [-0.2, -0.15) is 0 Å². The van der Waals surface area contributed by atoms with Crippen LogP contribution in [0.2, 0.25) is 5.22 Å². The van der Waals surface area contributed by atoms with Crippen molar-refractivity contribution in [2.75, 3.05) is 19.9 Å². The Bertz CT molecular complexity index is 317. The molecule has 0 aromatic carbocycles. The Morgan fingerprint density at radius 2 is 2.38 bits per heavy atom. The summed E-state index contributed by atoms with van der Waals surface area (Å²) < 4.78 is 10.0. The summed E-state index contributed by atoms with van der Waals surface area (Å²) >= 11 is 5.54. The van der Waals surface area contributed by atoms with Gasteiger partial charge in [0.05, 0.1) is 6.61 Å². The van der Waals surface area contributed by atoms with Crippen LogP contribution in [0.5, 0.6) is 0 Å². The van der Waals surface area contributed by atoms with E-state index in [4.69, 9.17) is 20.8 Å². The largest absolute Gasteiger partial charge is 0.440 e. The lowest BCUT2D eigenvalue weighted by atomic mass is 10.4. The molecule has 2 rings (SSSR count). The first-order valence-electron chi connectivity index (χ1n) is 3.90. The number of ether oxygens (including phenoxy) is 1. The van der Waals surface area contributed by atoms with E-state index in [1.165, 1.54) is 0 Å². The minimum absolute atomic E-state index is 0.176. The molecule has 2 heterocycles. The second-order valence-electron chi connectivity index (χ2n) is 2.71. The minimum atomic E-state index is -0.176. The van der Waals surface area contributed by atoms with E-state index in [-0.39, 0.29) is 16.9 Å². The molecule has 1 aliphatic rings. The number of halogens is 1.